The summed E-state index contributed by atoms with van der Waals surface area (Å²) in [5.41, 5.74) is 7.99. The molecule has 1 heterocycles. The van der Waals surface area contributed by atoms with Gasteiger partial charge in [-0.05, 0) is 17.2 Å². The van der Waals surface area contributed by atoms with Crippen LogP contribution in [-0.4, -0.2) is 29.7 Å². The Morgan fingerprint density at radius 2 is 1.89 bits per heavy atom. The van der Waals surface area contributed by atoms with Gasteiger partial charge >= 0.3 is 0 Å². The maximum atomic E-state index is 12.5. The van der Waals surface area contributed by atoms with E-state index in [0.717, 1.165) is 16.8 Å². The molecule has 2 aromatic carbocycles. The molecule has 27 heavy (non-hydrogen) atoms. The number of nitrogens with zero attached hydrogens (tertiary/aromatic N) is 1. The van der Waals surface area contributed by atoms with Gasteiger partial charge in [-0.1, -0.05) is 65.3 Å². The number of hydrogen-bond acceptors (Lipinski definition) is 4. The quantitative estimate of drug-likeness (QED) is 0.765. The van der Waals surface area contributed by atoms with E-state index in [-0.39, 0.29) is 0 Å². The van der Waals surface area contributed by atoms with Gasteiger partial charge in [0.05, 0.1) is 5.71 Å². The second-order valence-electron chi connectivity index (χ2n) is 6.38. The van der Waals surface area contributed by atoms with E-state index in [9.17, 15) is 9.59 Å². The third-order valence-corrected chi connectivity index (χ3v) is 4.69. The second kappa shape index (κ2) is 8.68. The molecule has 0 bridgehead atoms. The number of nitrogens with two attached hydrogens (primary N) is 1. The lowest BCUT2D eigenvalue weighted by Gasteiger charge is -2.17. The third-order valence-electron chi connectivity index (χ3n) is 4.32. The van der Waals surface area contributed by atoms with Crippen LogP contribution in [0.5, 0.6) is 0 Å². The maximum absolute atomic E-state index is 12.5. The average molecular weight is 386 g/mol. The first-order valence-electron chi connectivity index (χ1n) is 8.61. The number of primary amides is 1. The van der Waals surface area contributed by atoms with Gasteiger partial charge in [0.15, 0.2) is 0 Å². The summed E-state index contributed by atoms with van der Waals surface area (Å²) in [5.74, 6) is -1.00. The van der Waals surface area contributed by atoms with Crippen molar-refractivity contribution in [3.63, 3.8) is 0 Å². The standard InChI is InChI=1S/C20H20ClN3O3/c21-16-9-5-4-8-14(16)11-15-12-18(27-24-15)20(26)23-17(19(22)25)10-13-6-2-1-3-7-13/h1-9,17-18H,10-12H2,(H2,22,25)(H,23,26)/t17-,18?/m0/s1. The Morgan fingerprint density at radius 1 is 1.19 bits per heavy atom. The van der Waals surface area contributed by atoms with Crippen molar-refractivity contribution >= 4 is 29.1 Å². The van der Waals surface area contributed by atoms with Crippen LogP contribution in [0.2, 0.25) is 5.02 Å². The van der Waals surface area contributed by atoms with Crippen molar-refractivity contribution in [3.05, 3.63) is 70.7 Å². The normalized spacial score (nSPS) is 16.9. The Balaban J connectivity index is 1.56. The van der Waals surface area contributed by atoms with Gasteiger partial charge in [-0.2, -0.15) is 0 Å². The highest BCUT2D eigenvalue weighted by Gasteiger charge is 2.31. The van der Waals surface area contributed by atoms with Crippen LogP contribution < -0.4 is 11.1 Å². The van der Waals surface area contributed by atoms with Crippen LogP contribution in [-0.2, 0) is 27.3 Å². The van der Waals surface area contributed by atoms with Gasteiger partial charge in [0.1, 0.15) is 6.04 Å². The molecule has 1 unspecified atom stereocenters. The van der Waals surface area contributed by atoms with Gasteiger partial charge in [0.25, 0.3) is 5.91 Å². The van der Waals surface area contributed by atoms with E-state index in [1.165, 1.54) is 0 Å². The summed E-state index contributed by atoms with van der Waals surface area (Å²) in [7, 11) is 0. The van der Waals surface area contributed by atoms with Crippen LogP contribution >= 0.6 is 11.6 Å². The molecule has 2 aromatic rings. The van der Waals surface area contributed by atoms with E-state index in [1.54, 1.807) is 6.07 Å². The lowest BCUT2D eigenvalue weighted by Crippen LogP contribution is -2.49. The fourth-order valence-electron chi connectivity index (χ4n) is 2.87. The highest BCUT2D eigenvalue weighted by atomic mass is 35.5. The van der Waals surface area contributed by atoms with Crippen LogP contribution in [0.3, 0.4) is 0 Å². The van der Waals surface area contributed by atoms with E-state index in [0.29, 0.717) is 24.3 Å². The first kappa shape index (κ1) is 18.9. The summed E-state index contributed by atoms with van der Waals surface area (Å²) in [6.07, 6.45) is 0.392. The van der Waals surface area contributed by atoms with Crippen molar-refractivity contribution in [2.45, 2.75) is 31.4 Å². The number of nitrogens with one attached hydrogen (secondary N) is 1. The zero-order valence-corrected chi connectivity index (χ0v) is 15.4. The molecule has 1 aliphatic heterocycles. The Labute approximate surface area is 162 Å². The van der Waals surface area contributed by atoms with Crippen molar-refractivity contribution in [2.24, 2.45) is 10.9 Å². The Morgan fingerprint density at radius 3 is 2.59 bits per heavy atom. The minimum Gasteiger partial charge on any atom is -0.382 e. The van der Waals surface area contributed by atoms with Crippen LogP contribution in [0.15, 0.2) is 59.8 Å². The van der Waals surface area contributed by atoms with Gasteiger partial charge in [-0.15, -0.1) is 0 Å². The van der Waals surface area contributed by atoms with Gasteiger partial charge in [0.2, 0.25) is 12.0 Å². The van der Waals surface area contributed by atoms with E-state index in [4.69, 9.17) is 22.2 Å². The second-order valence-corrected chi connectivity index (χ2v) is 6.78. The van der Waals surface area contributed by atoms with Gasteiger partial charge < -0.3 is 15.9 Å². The molecular formula is C20H20ClN3O3. The predicted octanol–water partition coefficient (Wildman–Crippen LogP) is 2.24. The van der Waals surface area contributed by atoms with Crippen molar-refractivity contribution in [3.8, 4) is 0 Å². The van der Waals surface area contributed by atoms with Gasteiger partial charge in [-0.25, -0.2) is 0 Å². The van der Waals surface area contributed by atoms with Crippen LogP contribution in [0.25, 0.3) is 0 Å². The maximum Gasteiger partial charge on any atom is 0.264 e. The topological polar surface area (TPSA) is 93.8 Å². The number of rotatable bonds is 7. The minimum atomic E-state index is -0.809. The van der Waals surface area contributed by atoms with Crippen LogP contribution in [0.1, 0.15) is 17.5 Å². The number of hydrogen-bond donors (Lipinski definition) is 2. The number of halogens is 1. The largest absolute Gasteiger partial charge is 0.382 e. The van der Waals surface area contributed by atoms with Crippen LogP contribution in [0.4, 0.5) is 0 Å². The molecule has 140 valence electrons. The molecule has 3 rings (SSSR count). The van der Waals surface area contributed by atoms with Crippen molar-refractivity contribution in [2.75, 3.05) is 0 Å². The molecule has 2 atom stereocenters. The lowest BCUT2D eigenvalue weighted by molar-refractivity contribution is -0.134. The Bertz CT molecular complexity index is 855. The highest BCUT2D eigenvalue weighted by molar-refractivity contribution is 6.31. The van der Waals surface area contributed by atoms with Crippen molar-refractivity contribution < 1.29 is 14.4 Å². The first-order valence-corrected chi connectivity index (χ1v) is 8.99. The molecule has 6 nitrogen and oxygen atoms in total. The summed E-state index contributed by atoms with van der Waals surface area (Å²) in [5, 5.41) is 7.30. The number of oxime groups is 1. The predicted molar refractivity (Wildman–Crippen MR) is 103 cm³/mol. The SMILES string of the molecule is NC(=O)[C@H](Cc1ccccc1)NC(=O)C1CC(Cc2ccccc2Cl)=NO1. The third kappa shape index (κ3) is 5.08. The molecule has 0 saturated heterocycles. The molecule has 0 aromatic heterocycles. The Kier molecular flexibility index (Phi) is 6.08. The highest BCUT2D eigenvalue weighted by Crippen LogP contribution is 2.20. The summed E-state index contributed by atoms with van der Waals surface area (Å²) < 4.78 is 0. The molecule has 3 N–H and O–H groups in total. The van der Waals surface area contributed by atoms with E-state index < -0.39 is 24.0 Å². The molecule has 0 aliphatic carbocycles. The van der Waals surface area contributed by atoms with E-state index >= 15 is 0 Å². The molecule has 7 heteroatoms. The summed E-state index contributed by atoms with van der Waals surface area (Å²) >= 11 is 6.16. The molecule has 1 aliphatic rings. The zero-order chi connectivity index (χ0) is 19.2. The van der Waals surface area contributed by atoms with Gasteiger partial charge in [0, 0.05) is 24.3 Å². The minimum absolute atomic E-state index is 0.321. The fraction of sp³-hybridized carbons (Fsp3) is 0.250. The first-order chi connectivity index (χ1) is 13.0. The molecule has 0 fully saturated rings. The Hall–Kier alpha value is -2.86. The number of amides is 2. The smallest absolute Gasteiger partial charge is 0.264 e. The summed E-state index contributed by atoms with van der Waals surface area (Å²) in [6.45, 7) is 0. The molecule has 0 spiro atoms. The number of carbonyl (C=O) groups is 2. The number of benzene rings is 2. The lowest BCUT2D eigenvalue weighted by atomic mass is 10.0. The zero-order valence-electron chi connectivity index (χ0n) is 14.6. The van der Waals surface area contributed by atoms with Gasteiger partial charge in [-0.3, -0.25) is 9.59 Å². The van der Waals surface area contributed by atoms with E-state index in [1.807, 2.05) is 48.5 Å². The molecular weight excluding hydrogens is 366 g/mol. The van der Waals surface area contributed by atoms with Crippen LogP contribution in [0, 0.1) is 0 Å². The molecule has 0 radical (unpaired) electrons. The molecule has 2 amide bonds. The summed E-state index contributed by atoms with van der Waals surface area (Å²) in [6, 6.07) is 16.0. The summed E-state index contributed by atoms with van der Waals surface area (Å²) in [4.78, 5) is 29.4. The molecule has 0 saturated carbocycles. The number of carbonyl (C=O) groups excluding carboxylic acids is 2. The van der Waals surface area contributed by atoms with Crippen molar-refractivity contribution in [1.82, 2.24) is 5.32 Å². The van der Waals surface area contributed by atoms with Crippen molar-refractivity contribution in [1.29, 1.82) is 0 Å². The van der Waals surface area contributed by atoms with E-state index in [2.05, 4.69) is 10.5 Å². The fourth-order valence-corrected chi connectivity index (χ4v) is 3.07. The average Bonchev–Trinajstić information content (AvgIpc) is 3.12. The monoisotopic (exact) mass is 385 g/mol.